The zero-order valence-electron chi connectivity index (χ0n) is 7.01. The molecule has 6 heteroatoms. The average molecular weight is 217 g/mol. The average Bonchev–Trinajstić information content (AvgIpc) is 2.15. The van der Waals surface area contributed by atoms with Gasteiger partial charge in [-0.1, -0.05) is 12.1 Å². The molecule has 0 unspecified atom stereocenters. The van der Waals surface area contributed by atoms with Gasteiger partial charge in [-0.25, -0.2) is 5.21 Å². The van der Waals surface area contributed by atoms with Crippen LogP contribution in [0.1, 0.15) is 15.9 Å². The van der Waals surface area contributed by atoms with Crippen LogP contribution in [0.25, 0.3) is 0 Å². The first-order valence-corrected chi connectivity index (χ1v) is 4.05. The first-order chi connectivity index (χ1) is 6.59. The molecule has 0 fully saturated rings. The largest absolute Gasteiger partial charge is 0.475 e. The Hall–Kier alpha value is -1.62. The molecule has 0 spiro atoms. The third-order valence-corrected chi connectivity index (χ3v) is 1.74. The molecule has 0 saturated carbocycles. The minimum Gasteiger partial charge on any atom is -0.276 e. The number of halogens is 1. The lowest BCUT2D eigenvalue weighted by atomic mass is 10.2. The zero-order chi connectivity index (χ0) is 10.6. The van der Waals surface area contributed by atoms with E-state index in [-0.39, 0.29) is 6.61 Å². The minimum atomic E-state index is -0.624. The summed E-state index contributed by atoms with van der Waals surface area (Å²) >= 11 is 5.21. The predicted molar refractivity (Wildman–Crippen MR) is 46.8 cm³/mol. The highest BCUT2D eigenvalue weighted by atomic mass is 35.5. The summed E-state index contributed by atoms with van der Waals surface area (Å²) in [6, 6.07) is 6.14. The van der Waals surface area contributed by atoms with Crippen LogP contribution in [0.2, 0.25) is 0 Å². The molecular formula is C8H7ClNO4+. The topological polar surface area (TPSA) is 66.6 Å². The summed E-state index contributed by atoms with van der Waals surface area (Å²) < 4.78 is 0. The van der Waals surface area contributed by atoms with E-state index in [1.807, 2.05) is 0 Å². The number of benzene rings is 1. The summed E-state index contributed by atoms with van der Waals surface area (Å²) in [7, 11) is 0. The van der Waals surface area contributed by atoms with Gasteiger partial charge in [-0.05, 0) is 29.3 Å². The van der Waals surface area contributed by atoms with Crippen molar-refractivity contribution in [3.8, 4) is 0 Å². The van der Waals surface area contributed by atoms with E-state index < -0.39 is 10.3 Å². The van der Waals surface area contributed by atoms with E-state index in [0.717, 1.165) is 0 Å². The van der Waals surface area contributed by atoms with Gasteiger partial charge in [0, 0.05) is 5.56 Å². The van der Waals surface area contributed by atoms with Crippen molar-refractivity contribution in [3.05, 3.63) is 40.3 Å². The van der Waals surface area contributed by atoms with Gasteiger partial charge in [-0.15, -0.1) is 0 Å². The lowest BCUT2D eigenvalue weighted by Gasteiger charge is -1.96. The van der Waals surface area contributed by atoms with Crippen LogP contribution >= 0.6 is 11.6 Å². The normalized spacial score (nSPS) is 9.50. The Labute approximate surface area is 84.3 Å². The molecule has 0 aliphatic heterocycles. The Morgan fingerprint density at radius 2 is 2.00 bits per heavy atom. The standard InChI is InChI=1S/C8H7ClNO4/c9-8(11)7-3-1-6(2-4-7)5-14-10(12)13/h1-4H,5H2,(H,12,13)/q+1. The SMILES string of the molecule is O=C(Cl)c1ccc(CO[N+](=O)O)cc1. The fraction of sp³-hybridized carbons (Fsp3) is 0.125. The van der Waals surface area contributed by atoms with E-state index >= 15 is 0 Å². The highest BCUT2D eigenvalue weighted by molar-refractivity contribution is 6.67. The molecule has 0 atom stereocenters. The van der Waals surface area contributed by atoms with E-state index in [4.69, 9.17) is 16.8 Å². The van der Waals surface area contributed by atoms with Crippen molar-refractivity contribution in [3.63, 3.8) is 0 Å². The second kappa shape index (κ2) is 4.57. The van der Waals surface area contributed by atoms with Gasteiger partial charge in [-0.3, -0.25) is 4.79 Å². The van der Waals surface area contributed by atoms with Gasteiger partial charge < -0.3 is 0 Å². The highest BCUT2D eigenvalue weighted by Crippen LogP contribution is 2.07. The molecule has 0 bridgehead atoms. The second-order valence-corrected chi connectivity index (χ2v) is 2.83. The zero-order valence-corrected chi connectivity index (χ0v) is 7.77. The Morgan fingerprint density at radius 3 is 2.43 bits per heavy atom. The smallest absolute Gasteiger partial charge is 0.276 e. The molecule has 0 saturated heterocycles. The quantitative estimate of drug-likeness (QED) is 0.614. The number of carbonyl (C=O) groups is 1. The molecule has 1 rings (SSSR count). The fourth-order valence-electron chi connectivity index (χ4n) is 0.862. The van der Waals surface area contributed by atoms with Gasteiger partial charge in [0.2, 0.25) is 0 Å². The van der Waals surface area contributed by atoms with Crippen LogP contribution in [0, 0.1) is 4.91 Å². The predicted octanol–water partition coefficient (Wildman–Crippen LogP) is 1.67. The maximum Gasteiger partial charge on any atom is 0.475 e. The summed E-state index contributed by atoms with van der Waals surface area (Å²) in [4.78, 5) is 24.9. The molecule has 5 nitrogen and oxygen atoms in total. The van der Waals surface area contributed by atoms with E-state index in [2.05, 4.69) is 4.84 Å². The molecule has 0 amide bonds. The number of nitrogens with zero attached hydrogens (tertiary/aromatic N) is 1. The van der Waals surface area contributed by atoms with Crippen molar-refractivity contribution in [2.45, 2.75) is 6.61 Å². The monoisotopic (exact) mass is 216 g/mol. The summed E-state index contributed by atoms with van der Waals surface area (Å²) in [6.45, 7) is -0.0727. The van der Waals surface area contributed by atoms with Crippen LogP contribution in [-0.2, 0) is 11.4 Å². The maximum atomic E-state index is 10.7. The summed E-state index contributed by atoms with van der Waals surface area (Å²) in [5.41, 5.74) is 1.000. The van der Waals surface area contributed by atoms with E-state index in [9.17, 15) is 9.70 Å². The first-order valence-electron chi connectivity index (χ1n) is 3.67. The molecular weight excluding hydrogens is 210 g/mol. The van der Waals surface area contributed by atoms with E-state index in [1.165, 1.54) is 12.1 Å². The molecule has 14 heavy (non-hydrogen) atoms. The van der Waals surface area contributed by atoms with Crippen LogP contribution in [0.4, 0.5) is 0 Å². The number of carbonyl (C=O) groups excluding carboxylic acids is 1. The highest BCUT2D eigenvalue weighted by Gasteiger charge is 2.06. The maximum absolute atomic E-state index is 10.7. The van der Waals surface area contributed by atoms with Crippen LogP contribution in [0.3, 0.4) is 0 Å². The molecule has 1 aromatic carbocycles. The minimum absolute atomic E-state index is 0.0727. The van der Waals surface area contributed by atoms with Gasteiger partial charge in [0.15, 0.2) is 6.61 Å². The first kappa shape index (κ1) is 10.5. The molecule has 0 aliphatic rings. The Balaban J connectivity index is 2.64. The van der Waals surface area contributed by atoms with Crippen molar-refractivity contribution in [2.75, 3.05) is 0 Å². The van der Waals surface area contributed by atoms with Gasteiger partial charge in [0.05, 0.1) is 0 Å². The molecule has 0 aliphatic carbocycles. The Morgan fingerprint density at radius 1 is 1.43 bits per heavy atom. The van der Waals surface area contributed by atoms with Gasteiger partial charge in [-0.2, -0.15) is 4.84 Å². The second-order valence-electron chi connectivity index (χ2n) is 2.48. The van der Waals surface area contributed by atoms with E-state index in [1.54, 1.807) is 12.1 Å². The Kier molecular flexibility index (Phi) is 3.41. The molecule has 0 heterocycles. The molecule has 74 valence electrons. The van der Waals surface area contributed by atoms with Crippen LogP contribution in [-0.4, -0.2) is 15.5 Å². The number of rotatable bonds is 4. The van der Waals surface area contributed by atoms with Crippen molar-refractivity contribution in [2.24, 2.45) is 0 Å². The van der Waals surface area contributed by atoms with Gasteiger partial charge >= 0.3 is 5.09 Å². The lowest BCUT2D eigenvalue weighted by molar-refractivity contribution is -0.979. The van der Waals surface area contributed by atoms with Gasteiger partial charge in [0.1, 0.15) is 4.91 Å². The van der Waals surface area contributed by atoms with Crippen molar-refractivity contribution < 1.29 is 19.9 Å². The van der Waals surface area contributed by atoms with Crippen LogP contribution in [0.5, 0.6) is 0 Å². The van der Waals surface area contributed by atoms with Crippen molar-refractivity contribution in [1.82, 2.24) is 0 Å². The molecule has 0 radical (unpaired) electrons. The van der Waals surface area contributed by atoms with Gasteiger partial charge in [0.25, 0.3) is 5.24 Å². The summed E-state index contributed by atoms with van der Waals surface area (Å²) in [6.07, 6.45) is 0. The number of hydrogen-bond acceptors (Lipinski definition) is 3. The third kappa shape index (κ3) is 3.02. The van der Waals surface area contributed by atoms with Crippen LogP contribution in [0.15, 0.2) is 24.3 Å². The lowest BCUT2D eigenvalue weighted by Crippen LogP contribution is -2.03. The Bertz CT molecular complexity index is 349. The van der Waals surface area contributed by atoms with Crippen molar-refractivity contribution >= 4 is 16.8 Å². The van der Waals surface area contributed by atoms with E-state index in [0.29, 0.717) is 11.1 Å². The molecule has 1 N–H and O–H groups in total. The summed E-state index contributed by atoms with van der Waals surface area (Å²) in [5, 5.41) is 6.96. The summed E-state index contributed by atoms with van der Waals surface area (Å²) in [5.74, 6) is 0. The molecule has 1 aromatic rings. The molecule has 0 aromatic heterocycles. The third-order valence-electron chi connectivity index (χ3n) is 1.52. The van der Waals surface area contributed by atoms with Crippen molar-refractivity contribution in [1.29, 1.82) is 0 Å². The van der Waals surface area contributed by atoms with Crippen LogP contribution < -0.4 is 0 Å². The number of hydrogen-bond donors (Lipinski definition) is 1. The fourth-order valence-corrected chi connectivity index (χ4v) is 0.988.